The summed E-state index contributed by atoms with van der Waals surface area (Å²) in [6.07, 6.45) is 3.04. The molecule has 0 spiro atoms. The van der Waals surface area contributed by atoms with Crippen molar-refractivity contribution in [1.82, 2.24) is 20.0 Å². The van der Waals surface area contributed by atoms with Crippen molar-refractivity contribution in [2.45, 2.75) is 25.7 Å². The van der Waals surface area contributed by atoms with Crippen molar-refractivity contribution in [1.29, 1.82) is 0 Å². The molecule has 1 aliphatic rings. The molecule has 0 N–H and O–H groups in total. The molecule has 2 aromatic heterocycles. The number of amides is 1. The minimum atomic E-state index is -0.593. The van der Waals surface area contributed by atoms with Crippen molar-refractivity contribution in [2.24, 2.45) is 0 Å². The molecule has 1 aliphatic heterocycles. The molecule has 6 nitrogen and oxygen atoms in total. The third kappa shape index (κ3) is 2.91. The van der Waals surface area contributed by atoms with Crippen LogP contribution in [0.1, 0.15) is 40.8 Å². The standard InChI is InChI=1S/C14H15FN4O2/c1-9-17-13(21-18-9)11-3-2-6-19(8-11)14(20)10-4-5-12(15)16-7-10/h4-5,7,11H,2-3,6,8H2,1H3/t11-/m0/s1. The van der Waals surface area contributed by atoms with E-state index in [9.17, 15) is 9.18 Å². The smallest absolute Gasteiger partial charge is 0.255 e. The Labute approximate surface area is 121 Å². The first-order valence-corrected chi connectivity index (χ1v) is 6.84. The Bertz CT molecular complexity index is 641. The maximum Gasteiger partial charge on any atom is 0.255 e. The molecular weight excluding hydrogens is 275 g/mol. The zero-order chi connectivity index (χ0) is 14.8. The lowest BCUT2D eigenvalue weighted by atomic mass is 9.97. The van der Waals surface area contributed by atoms with E-state index in [1.807, 2.05) is 0 Å². The lowest BCUT2D eigenvalue weighted by molar-refractivity contribution is 0.0695. The SMILES string of the molecule is Cc1noc([C@H]2CCCN(C(=O)c3ccc(F)nc3)C2)n1. The van der Waals surface area contributed by atoms with Gasteiger partial charge in [0.25, 0.3) is 5.91 Å². The monoisotopic (exact) mass is 290 g/mol. The van der Waals surface area contributed by atoms with Gasteiger partial charge in [0.05, 0.1) is 11.5 Å². The Hall–Kier alpha value is -2.31. The highest BCUT2D eigenvalue weighted by Gasteiger charge is 2.28. The molecule has 1 atom stereocenters. The number of hydrogen-bond donors (Lipinski definition) is 0. The van der Waals surface area contributed by atoms with E-state index >= 15 is 0 Å². The molecule has 0 unspecified atom stereocenters. The molecule has 3 rings (SSSR count). The number of hydrogen-bond acceptors (Lipinski definition) is 5. The van der Waals surface area contributed by atoms with Crippen LogP contribution in [0.3, 0.4) is 0 Å². The van der Waals surface area contributed by atoms with Crippen molar-refractivity contribution in [3.05, 3.63) is 41.6 Å². The molecule has 21 heavy (non-hydrogen) atoms. The van der Waals surface area contributed by atoms with E-state index in [-0.39, 0.29) is 11.8 Å². The molecule has 0 aliphatic carbocycles. The van der Waals surface area contributed by atoms with Gasteiger partial charge in [0.2, 0.25) is 11.8 Å². The van der Waals surface area contributed by atoms with Crippen LogP contribution in [0.5, 0.6) is 0 Å². The minimum absolute atomic E-state index is 0.0531. The van der Waals surface area contributed by atoms with Gasteiger partial charge >= 0.3 is 0 Å². The number of piperidine rings is 1. The summed E-state index contributed by atoms with van der Waals surface area (Å²) in [4.78, 5) is 21.9. The van der Waals surface area contributed by atoms with E-state index in [0.717, 1.165) is 12.8 Å². The van der Waals surface area contributed by atoms with Crippen molar-refractivity contribution < 1.29 is 13.7 Å². The van der Waals surface area contributed by atoms with E-state index in [1.54, 1.807) is 11.8 Å². The molecule has 0 bridgehead atoms. The molecule has 7 heteroatoms. The zero-order valence-electron chi connectivity index (χ0n) is 11.6. The first-order chi connectivity index (χ1) is 10.1. The third-order valence-corrected chi connectivity index (χ3v) is 3.58. The number of carbonyl (C=O) groups excluding carboxylic acids is 1. The van der Waals surface area contributed by atoms with Gasteiger partial charge in [-0.15, -0.1) is 0 Å². The van der Waals surface area contributed by atoms with Crippen molar-refractivity contribution in [3.63, 3.8) is 0 Å². The van der Waals surface area contributed by atoms with Crippen LogP contribution in [0, 0.1) is 12.9 Å². The number of carbonyl (C=O) groups is 1. The number of halogens is 1. The topological polar surface area (TPSA) is 72.1 Å². The fraction of sp³-hybridized carbons (Fsp3) is 0.429. The lowest BCUT2D eigenvalue weighted by Gasteiger charge is -2.31. The van der Waals surface area contributed by atoms with Crippen LogP contribution in [-0.4, -0.2) is 39.0 Å². The number of rotatable bonds is 2. The minimum Gasteiger partial charge on any atom is -0.339 e. The van der Waals surface area contributed by atoms with Gasteiger partial charge in [-0.05, 0) is 31.9 Å². The number of aryl methyl sites for hydroxylation is 1. The molecule has 1 amide bonds. The predicted molar refractivity (Wildman–Crippen MR) is 71.1 cm³/mol. The number of likely N-dealkylation sites (tertiary alicyclic amines) is 1. The van der Waals surface area contributed by atoms with Crippen LogP contribution in [0.25, 0.3) is 0 Å². The van der Waals surface area contributed by atoms with E-state index in [1.165, 1.54) is 18.3 Å². The van der Waals surface area contributed by atoms with Gasteiger partial charge in [0, 0.05) is 19.3 Å². The van der Waals surface area contributed by atoms with E-state index < -0.39 is 5.95 Å². The Morgan fingerprint density at radius 1 is 1.48 bits per heavy atom. The molecule has 0 radical (unpaired) electrons. The maximum atomic E-state index is 12.8. The summed E-state index contributed by atoms with van der Waals surface area (Å²) in [5, 5.41) is 3.79. The molecule has 0 aromatic carbocycles. The molecule has 110 valence electrons. The fourth-order valence-corrected chi connectivity index (χ4v) is 2.53. The molecule has 3 heterocycles. The van der Waals surface area contributed by atoms with Gasteiger partial charge in [-0.3, -0.25) is 4.79 Å². The van der Waals surface area contributed by atoms with E-state index in [2.05, 4.69) is 15.1 Å². The molecule has 0 saturated carbocycles. The Morgan fingerprint density at radius 2 is 2.33 bits per heavy atom. The van der Waals surface area contributed by atoms with Gasteiger partial charge in [-0.2, -0.15) is 9.37 Å². The van der Waals surface area contributed by atoms with Crippen LogP contribution in [-0.2, 0) is 0 Å². The largest absolute Gasteiger partial charge is 0.339 e. The fourth-order valence-electron chi connectivity index (χ4n) is 2.53. The number of aromatic nitrogens is 3. The normalized spacial score (nSPS) is 18.8. The summed E-state index contributed by atoms with van der Waals surface area (Å²) >= 11 is 0. The van der Waals surface area contributed by atoms with E-state index in [4.69, 9.17) is 4.52 Å². The van der Waals surface area contributed by atoms with Crippen LogP contribution >= 0.6 is 0 Å². The Balaban J connectivity index is 1.73. The van der Waals surface area contributed by atoms with Crippen LogP contribution in [0.15, 0.2) is 22.9 Å². The van der Waals surface area contributed by atoms with Crippen LogP contribution < -0.4 is 0 Å². The molecule has 1 fully saturated rings. The van der Waals surface area contributed by atoms with Crippen LogP contribution in [0.2, 0.25) is 0 Å². The number of pyridine rings is 1. The van der Waals surface area contributed by atoms with Gasteiger partial charge in [-0.25, -0.2) is 4.98 Å². The van der Waals surface area contributed by atoms with E-state index in [0.29, 0.717) is 30.4 Å². The van der Waals surface area contributed by atoms with Crippen molar-refractivity contribution in [2.75, 3.05) is 13.1 Å². The Morgan fingerprint density at radius 3 is 3.00 bits per heavy atom. The quantitative estimate of drug-likeness (QED) is 0.790. The van der Waals surface area contributed by atoms with Gasteiger partial charge in [-0.1, -0.05) is 5.16 Å². The molecule has 2 aromatic rings. The van der Waals surface area contributed by atoms with Gasteiger partial charge in [0.1, 0.15) is 0 Å². The summed E-state index contributed by atoms with van der Waals surface area (Å²) in [6, 6.07) is 2.64. The highest BCUT2D eigenvalue weighted by atomic mass is 19.1. The second-order valence-corrected chi connectivity index (χ2v) is 5.14. The van der Waals surface area contributed by atoms with Gasteiger partial charge < -0.3 is 9.42 Å². The third-order valence-electron chi connectivity index (χ3n) is 3.58. The van der Waals surface area contributed by atoms with Crippen molar-refractivity contribution >= 4 is 5.91 Å². The summed E-state index contributed by atoms with van der Waals surface area (Å²) in [6.45, 7) is 2.96. The zero-order valence-corrected chi connectivity index (χ0v) is 11.6. The second-order valence-electron chi connectivity index (χ2n) is 5.14. The number of nitrogens with zero attached hydrogens (tertiary/aromatic N) is 4. The average Bonchev–Trinajstić information content (AvgIpc) is 2.94. The highest BCUT2D eigenvalue weighted by molar-refractivity contribution is 5.94. The highest BCUT2D eigenvalue weighted by Crippen LogP contribution is 2.26. The molecular formula is C14H15FN4O2. The second kappa shape index (κ2) is 5.59. The van der Waals surface area contributed by atoms with Gasteiger partial charge in [0.15, 0.2) is 5.82 Å². The Kier molecular flexibility index (Phi) is 3.64. The molecule has 1 saturated heterocycles. The predicted octanol–water partition coefficient (Wildman–Crippen LogP) is 1.93. The summed E-state index contributed by atoms with van der Waals surface area (Å²) in [5.41, 5.74) is 0.388. The van der Waals surface area contributed by atoms with Crippen molar-refractivity contribution in [3.8, 4) is 0 Å². The lowest BCUT2D eigenvalue weighted by Crippen LogP contribution is -2.39. The maximum absolute atomic E-state index is 12.8. The first kappa shape index (κ1) is 13.7. The van der Waals surface area contributed by atoms with Crippen LogP contribution in [0.4, 0.5) is 4.39 Å². The average molecular weight is 290 g/mol. The summed E-state index contributed by atoms with van der Waals surface area (Å²) < 4.78 is 18.0. The summed E-state index contributed by atoms with van der Waals surface area (Å²) in [7, 11) is 0. The summed E-state index contributed by atoms with van der Waals surface area (Å²) in [5.74, 6) is 0.476. The first-order valence-electron chi connectivity index (χ1n) is 6.84.